The number of alkyl halides is 3. The molecule has 0 radical (unpaired) electrons. The average molecular weight is 286 g/mol. The fourth-order valence-electron chi connectivity index (χ4n) is 0.935. The van der Waals surface area contributed by atoms with Gasteiger partial charge in [0, 0.05) is 0 Å². The first-order valence-corrected chi connectivity index (χ1v) is 6.56. The van der Waals surface area contributed by atoms with Crippen LogP contribution in [0.3, 0.4) is 0 Å². The Morgan fingerprint density at radius 2 is 1.39 bits per heavy atom. The number of benzene rings is 1. The SMILES string of the molecule is CCF.CF.O=S(=O)(O)Cc1ccc(CF)cc1. The third kappa shape index (κ3) is 11.4. The van der Waals surface area contributed by atoms with E-state index in [1.807, 2.05) is 0 Å². The van der Waals surface area contributed by atoms with E-state index in [0.29, 0.717) is 18.3 Å². The van der Waals surface area contributed by atoms with Crippen molar-refractivity contribution in [1.82, 2.24) is 0 Å². The maximum atomic E-state index is 12.0. The molecule has 0 saturated carbocycles. The molecule has 0 atom stereocenters. The highest BCUT2D eigenvalue weighted by molar-refractivity contribution is 7.85. The van der Waals surface area contributed by atoms with Gasteiger partial charge in [-0.2, -0.15) is 8.42 Å². The van der Waals surface area contributed by atoms with Gasteiger partial charge < -0.3 is 0 Å². The van der Waals surface area contributed by atoms with Crippen molar-refractivity contribution in [1.29, 1.82) is 0 Å². The molecule has 0 fully saturated rings. The Balaban J connectivity index is 0. The average Bonchev–Trinajstić information content (AvgIpc) is 2.32. The minimum atomic E-state index is -3.99. The lowest BCUT2D eigenvalue weighted by molar-refractivity contribution is 0.482. The second-order valence-electron chi connectivity index (χ2n) is 2.94. The lowest BCUT2D eigenvalue weighted by Crippen LogP contribution is -2.01. The summed E-state index contributed by atoms with van der Waals surface area (Å²) in [4.78, 5) is 0. The first-order valence-electron chi connectivity index (χ1n) is 4.95. The lowest BCUT2D eigenvalue weighted by Gasteiger charge is -1.98. The molecule has 1 rings (SSSR count). The summed E-state index contributed by atoms with van der Waals surface area (Å²) >= 11 is 0. The molecule has 0 bridgehead atoms. The second kappa shape index (κ2) is 11.0. The van der Waals surface area contributed by atoms with Gasteiger partial charge in [-0.3, -0.25) is 13.3 Å². The van der Waals surface area contributed by atoms with Gasteiger partial charge in [0.2, 0.25) is 0 Å². The minimum Gasteiger partial charge on any atom is -0.285 e. The zero-order valence-corrected chi connectivity index (χ0v) is 11.1. The Morgan fingerprint density at radius 3 is 1.67 bits per heavy atom. The van der Waals surface area contributed by atoms with Crippen molar-refractivity contribution in [3.63, 3.8) is 0 Å². The van der Waals surface area contributed by atoms with Crippen molar-refractivity contribution in [2.24, 2.45) is 0 Å². The summed E-state index contributed by atoms with van der Waals surface area (Å²) in [5, 5.41) is 0. The molecule has 0 aliphatic carbocycles. The van der Waals surface area contributed by atoms with Crippen LogP contribution in [0, 0.1) is 0 Å². The molecule has 0 heterocycles. The van der Waals surface area contributed by atoms with Gasteiger partial charge in [0.05, 0.1) is 13.9 Å². The van der Waals surface area contributed by atoms with Gasteiger partial charge in [-0.05, 0) is 18.1 Å². The van der Waals surface area contributed by atoms with E-state index in [2.05, 4.69) is 0 Å². The molecule has 3 nitrogen and oxygen atoms in total. The van der Waals surface area contributed by atoms with Crippen LogP contribution in [-0.4, -0.2) is 26.8 Å². The Kier molecular flexibility index (Phi) is 11.8. The third-order valence-electron chi connectivity index (χ3n) is 1.53. The topological polar surface area (TPSA) is 54.4 Å². The summed E-state index contributed by atoms with van der Waals surface area (Å²) in [5.41, 5.74) is 0.929. The van der Waals surface area contributed by atoms with Crippen LogP contribution < -0.4 is 0 Å². The van der Waals surface area contributed by atoms with Crippen molar-refractivity contribution in [3.8, 4) is 0 Å². The fraction of sp³-hybridized carbons (Fsp3) is 0.455. The number of hydrogen-bond acceptors (Lipinski definition) is 2. The fourth-order valence-corrected chi connectivity index (χ4v) is 1.55. The van der Waals surface area contributed by atoms with E-state index in [9.17, 15) is 21.6 Å². The maximum absolute atomic E-state index is 12.0. The first kappa shape index (κ1) is 19.3. The molecule has 0 aliphatic rings. The zero-order valence-electron chi connectivity index (χ0n) is 10.2. The number of hydrogen-bond donors (Lipinski definition) is 1. The highest BCUT2D eigenvalue weighted by Gasteiger charge is 2.05. The summed E-state index contributed by atoms with van der Waals surface area (Å²) in [5.74, 6) is -0.431. The van der Waals surface area contributed by atoms with Crippen molar-refractivity contribution >= 4 is 10.1 Å². The molecular formula is C11H17F3O3S. The Morgan fingerprint density at radius 1 is 1.06 bits per heavy atom. The van der Waals surface area contributed by atoms with Crippen LogP contribution in [0.5, 0.6) is 0 Å². The van der Waals surface area contributed by atoms with Crippen molar-refractivity contribution in [2.45, 2.75) is 19.4 Å². The van der Waals surface area contributed by atoms with Crippen LogP contribution in [-0.2, 0) is 22.5 Å². The summed E-state index contributed by atoms with van der Waals surface area (Å²) in [7, 11) is -3.49. The Bertz CT molecular complexity index is 390. The molecule has 1 N–H and O–H groups in total. The minimum absolute atomic E-state index is 0.250. The number of halogens is 3. The van der Waals surface area contributed by atoms with Gasteiger partial charge in [-0.25, -0.2) is 4.39 Å². The molecule has 0 aliphatic heterocycles. The van der Waals surface area contributed by atoms with Crippen LogP contribution in [0.15, 0.2) is 24.3 Å². The van der Waals surface area contributed by atoms with Crippen molar-refractivity contribution < 1.29 is 26.1 Å². The molecular weight excluding hydrogens is 269 g/mol. The van der Waals surface area contributed by atoms with Crippen LogP contribution in [0.2, 0.25) is 0 Å². The van der Waals surface area contributed by atoms with Gasteiger partial charge in [-0.15, -0.1) is 0 Å². The normalized spacial score (nSPS) is 9.67. The Hall–Kier alpha value is -1.08. The predicted octanol–water partition coefficient (Wildman–Crippen LogP) is 3.11. The Labute approximate surface area is 105 Å². The smallest absolute Gasteiger partial charge is 0.269 e. The summed E-state index contributed by atoms with van der Waals surface area (Å²) in [6.07, 6.45) is 0. The predicted molar refractivity (Wildman–Crippen MR) is 65.2 cm³/mol. The van der Waals surface area contributed by atoms with Gasteiger partial charge in [0.1, 0.15) is 12.4 Å². The monoisotopic (exact) mass is 286 g/mol. The van der Waals surface area contributed by atoms with E-state index >= 15 is 0 Å². The van der Waals surface area contributed by atoms with E-state index in [1.165, 1.54) is 31.2 Å². The quantitative estimate of drug-likeness (QED) is 0.869. The van der Waals surface area contributed by atoms with Crippen LogP contribution in [0.25, 0.3) is 0 Å². The molecule has 1 aromatic carbocycles. The standard InChI is InChI=1S/C8H9FO3S.C2H5F.CH3F/c9-5-7-1-3-8(4-2-7)6-13(10,11)12;1-2-3;1-2/h1-4H,5-6H2,(H,10,11,12);2H2,1H3;1H3. The van der Waals surface area contributed by atoms with Crippen LogP contribution in [0.4, 0.5) is 13.2 Å². The zero-order chi connectivity index (χ0) is 14.6. The first-order chi connectivity index (χ1) is 8.42. The van der Waals surface area contributed by atoms with Gasteiger partial charge in [-0.1, -0.05) is 24.3 Å². The maximum Gasteiger partial charge on any atom is 0.269 e. The second-order valence-corrected chi connectivity index (χ2v) is 4.40. The molecule has 7 heteroatoms. The largest absolute Gasteiger partial charge is 0.285 e. The van der Waals surface area contributed by atoms with E-state index in [4.69, 9.17) is 4.55 Å². The van der Waals surface area contributed by atoms with Crippen molar-refractivity contribution in [3.05, 3.63) is 35.4 Å². The van der Waals surface area contributed by atoms with Crippen molar-refractivity contribution in [2.75, 3.05) is 13.9 Å². The van der Waals surface area contributed by atoms with E-state index in [1.54, 1.807) is 0 Å². The van der Waals surface area contributed by atoms with Gasteiger partial charge in [0.15, 0.2) is 0 Å². The molecule has 0 amide bonds. The molecule has 18 heavy (non-hydrogen) atoms. The third-order valence-corrected chi connectivity index (χ3v) is 2.22. The van der Waals surface area contributed by atoms with Crippen LogP contribution >= 0.6 is 0 Å². The molecule has 0 unspecified atom stereocenters. The summed E-state index contributed by atoms with van der Waals surface area (Å²) in [6, 6.07) is 5.92. The van der Waals surface area contributed by atoms with E-state index < -0.39 is 22.5 Å². The van der Waals surface area contributed by atoms with Gasteiger partial charge in [0.25, 0.3) is 10.1 Å². The molecule has 0 spiro atoms. The molecule has 0 saturated heterocycles. The number of rotatable bonds is 3. The summed E-state index contributed by atoms with van der Waals surface area (Å²) < 4.78 is 61.2. The molecule has 106 valence electrons. The van der Waals surface area contributed by atoms with Crippen LogP contribution in [0.1, 0.15) is 18.1 Å². The highest BCUT2D eigenvalue weighted by Crippen LogP contribution is 2.08. The lowest BCUT2D eigenvalue weighted by atomic mass is 10.2. The van der Waals surface area contributed by atoms with E-state index in [0.717, 1.165) is 0 Å². The van der Waals surface area contributed by atoms with Gasteiger partial charge >= 0.3 is 0 Å². The summed E-state index contributed by atoms with van der Waals surface area (Å²) in [6.45, 7) is 0.631. The van der Waals surface area contributed by atoms with E-state index in [-0.39, 0.29) is 6.67 Å². The molecule has 1 aromatic rings. The highest BCUT2D eigenvalue weighted by atomic mass is 32.2. The molecule has 0 aromatic heterocycles.